The Kier molecular flexibility index (Phi) is 4.08. The van der Waals surface area contributed by atoms with Crippen molar-refractivity contribution in [1.29, 1.82) is 0 Å². The SMILES string of the molecule is COC1=CC=C(C(C)c2ccc(OC)cc2)CC1. The summed E-state index contributed by atoms with van der Waals surface area (Å²) in [4.78, 5) is 0. The van der Waals surface area contributed by atoms with E-state index in [4.69, 9.17) is 9.47 Å². The summed E-state index contributed by atoms with van der Waals surface area (Å²) in [6, 6.07) is 8.32. The third kappa shape index (κ3) is 2.76. The maximum absolute atomic E-state index is 5.26. The summed E-state index contributed by atoms with van der Waals surface area (Å²) in [5.41, 5.74) is 2.79. The summed E-state index contributed by atoms with van der Waals surface area (Å²) < 4.78 is 10.4. The van der Waals surface area contributed by atoms with Gasteiger partial charge in [-0.3, -0.25) is 0 Å². The normalized spacial score (nSPS) is 16.6. The molecule has 0 aromatic heterocycles. The van der Waals surface area contributed by atoms with Crippen LogP contribution in [-0.2, 0) is 4.74 Å². The maximum atomic E-state index is 5.26. The number of allylic oxidation sites excluding steroid dienone is 4. The highest BCUT2D eigenvalue weighted by atomic mass is 16.5. The third-order valence-corrected chi connectivity index (χ3v) is 3.58. The fourth-order valence-electron chi connectivity index (χ4n) is 2.27. The Morgan fingerprint density at radius 1 is 0.944 bits per heavy atom. The number of hydrogen-bond donors (Lipinski definition) is 0. The number of hydrogen-bond acceptors (Lipinski definition) is 2. The van der Waals surface area contributed by atoms with E-state index in [1.165, 1.54) is 11.1 Å². The molecule has 0 aliphatic heterocycles. The Hall–Kier alpha value is -1.70. The standard InChI is InChI=1S/C16H20O2/c1-12(13-4-8-15(17-2)9-5-13)14-6-10-16(18-3)11-7-14/h4-6,8-10,12H,7,11H2,1-3H3. The first-order valence-electron chi connectivity index (χ1n) is 6.32. The Morgan fingerprint density at radius 2 is 1.67 bits per heavy atom. The fourth-order valence-corrected chi connectivity index (χ4v) is 2.27. The molecule has 1 aromatic carbocycles. The van der Waals surface area contributed by atoms with Gasteiger partial charge in [0.05, 0.1) is 20.0 Å². The summed E-state index contributed by atoms with van der Waals surface area (Å²) in [5, 5.41) is 0. The van der Waals surface area contributed by atoms with E-state index < -0.39 is 0 Å². The van der Waals surface area contributed by atoms with Crippen molar-refractivity contribution in [2.75, 3.05) is 14.2 Å². The van der Waals surface area contributed by atoms with Crippen molar-refractivity contribution in [3.8, 4) is 5.75 Å². The highest BCUT2D eigenvalue weighted by Gasteiger charge is 2.14. The minimum atomic E-state index is 0.450. The molecule has 0 bridgehead atoms. The van der Waals surface area contributed by atoms with Gasteiger partial charge in [-0.25, -0.2) is 0 Å². The highest BCUT2D eigenvalue weighted by Crippen LogP contribution is 2.31. The molecule has 0 fully saturated rings. The molecule has 0 saturated carbocycles. The molecule has 1 atom stereocenters. The molecular weight excluding hydrogens is 224 g/mol. The molecule has 96 valence electrons. The van der Waals surface area contributed by atoms with Crippen LogP contribution in [0.25, 0.3) is 0 Å². The van der Waals surface area contributed by atoms with Crippen LogP contribution in [-0.4, -0.2) is 14.2 Å². The van der Waals surface area contributed by atoms with Crippen molar-refractivity contribution in [3.05, 3.63) is 53.3 Å². The van der Waals surface area contributed by atoms with Gasteiger partial charge in [-0.05, 0) is 30.2 Å². The predicted molar refractivity (Wildman–Crippen MR) is 73.8 cm³/mol. The lowest BCUT2D eigenvalue weighted by Gasteiger charge is -2.20. The number of rotatable bonds is 4. The topological polar surface area (TPSA) is 18.5 Å². The Morgan fingerprint density at radius 3 is 2.17 bits per heavy atom. The molecule has 0 heterocycles. The van der Waals surface area contributed by atoms with Crippen molar-refractivity contribution in [2.24, 2.45) is 0 Å². The molecular formula is C16H20O2. The zero-order valence-electron chi connectivity index (χ0n) is 11.3. The Labute approximate surface area is 109 Å². The summed E-state index contributed by atoms with van der Waals surface area (Å²) in [5.74, 6) is 2.43. The summed E-state index contributed by atoms with van der Waals surface area (Å²) in [7, 11) is 3.43. The van der Waals surface area contributed by atoms with Gasteiger partial charge < -0.3 is 9.47 Å². The van der Waals surface area contributed by atoms with Crippen molar-refractivity contribution in [1.82, 2.24) is 0 Å². The molecule has 1 unspecified atom stereocenters. The van der Waals surface area contributed by atoms with Crippen molar-refractivity contribution < 1.29 is 9.47 Å². The second-order valence-corrected chi connectivity index (χ2v) is 4.57. The van der Waals surface area contributed by atoms with Crippen LogP contribution in [0.3, 0.4) is 0 Å². The zero-order valence-corrected chi connectivity index (χ0v) is 11.3. The van der Waals surface area contributed by atoms with Crippen LogP contribution < -0.4 is 4.74 Å². The zero-order chi connectivity index (χ0) is 13.0. The van der Waals surface area contributed by atoms with Crippen LogP contribution in [0.2, 0.25) is 0 Å². The molecule has 18 heavy (non-hydrogen) atoms. The van der Waals surface area contributed by atoms with E-state index in [0.29, 0.717) is 5.92 Å². The Bertz CT molecular complexity index is 454. The quantitative estimate of drug-likeness (QED) is 0.795. The lowest BCUT2D eigenvalue weighted by molar-refractivity contribution is 0.275. The van der Waals surface area contributed by atoms with E-state index in [1.807, 2.05) is 12.1 Å². The van der Waals surface area contributed by atoms with E-state index in [9.17, 15) is 0 Å². The molecule has 0 saturated heterocycles. The number of methoxy groups -OCH3 is 2. The van der Waals surface area contributed by atoms with Crippen molar-refractivity contribution in [3.63, 3.8) is 0 Å². The largest absolute Gasteiger partial charge is 0.501 e. The molecule has 1 aliphatic rings. The number of benzene rings is 1. The molecule has 1 aliphatic carbocycles. The van der Waals surface area contributed by atoms with E-state index in [-0.39, 0.29) is 0 Å². The van der Waals surface area contributed by atoms with Gasteiger partial charge in [-0.2, -0.15) is 0 Å². The van der Waals surface area contributed by atoms with Crippen LogP contribution in [0.4, 0.5) is 0 Å². The van der Waals surface area contributed by atoms with Crippen LogP contribution in [0.5, 0.6) is 5.75 Å². The molecule has 0 radical (unpaired) electrons. The van der Waals surface area contributed by atoms with E-state index in [0.717, 1.165) is 24.4 Å². The predicted octanol–water partition coefficient (Wildman–Crippen LogP) is 4.05. The first kappa shape index (κ1) is 12.7. The van der Waals surface area contributed by atoms with Crippen LogP contribution in [0, 0.1) is 0 Å². The maximum Gasteiger partial charge on any atom is 0.118 e. The smallest absolute Gasteiger partial charge is 0.118 e. The molecule has 0 spiro atoms. The van der Waals surface area contributed by atoms with Gasteiger partial charge >= 0.3 is 0 Å². The van der Waals surface area contributed by atoms with Crippen molar-refractivity contribution >= 4 is 0 Å². The average molecular weight is 244 g/mol. The van der Waals surface area contributed by atoms with Crippen molar-refractivity contribution in [2.45, 2.75) is 25.7 Å². The minimum Gasteiger partial charge on any atom is -0.501 e. The van der Waals surface area contributed by atoms with Gasteiger partial charge in [0.2, 0.25) is 0 Å². The number of ether oxygens (including phenoxy) is 2. The monoisotopic (exact) mass is 244 g/mol. The van der Waals surface area contributed by atoms with E-state index in [1.54, 1.807) is 14.2 Å². The highest BCUT2D eigenvalue weighted by molar-refractivity contribution is 5.36. The lowest BCUT2D eigenvalue weighted by atomic mass is 9.87. The van der Waals surface area contributed by atoms with Crippen LogP contribution >= 0.6 is 0 Å². The molecule has 2 nitrogen and oxygen atoms in total. The second kappa shape index (κ2) is 5.76. The second-order valence-electron chi connectivity index (χ2n) is 4.57. The molecule has 0 amide bonds. The van der Waals surface area contributed by atoms with E-state index >= 15 is 0 Å². The summed E-state index contributed by atoms with van der Waals surface area (Å²) >= 11 is 0. The lowest BCUT2D eigenvalue weighted by Crippen LogP contribution is -2.03. The summed E-state index contributed by atoms with van der Waals surface area (Å²) in [6.07, 6.45) is 6.35. The molecule has 2 rings (SSSR count). The van der Waals surface area contributed by atoms with Gasteiger partial charge in [-0.15, -0.1) is 0 Å². The van der Waals surface area contributed by atoms with Gasteiger partial charge in [-0.1, -0.05) is 30.7 Å². The fraction of sp³-hybridized carbons (Fsp3) is 0.375. The van der Waals surface area contributed by atoms with Gasteiger partial charge in [0, 0.05) is 12.3 Å². The summed E-state index contributed by atoms with van der Waals surface area (Å²) in [6.45, 7) is 2.25. The first-order valence-corrected chi connectivity index (χ1v) is 6.32. The van der Waals surface area contributed by atoms with Gasteiger partial charge in [0.25, 0.3) is 0 Å². The van der Waals surface area contributed by atoms with Gasteiger partial charge in [0.15, 0.2) is 0 Å². The molecule has 0 N–H and O–H groups in total. The van der Waals surface area contributed by atoms with E-state index in [2.05, 4.69) is 31.2 Å². The molecule has 1 aromatic rings. The average Bonchev–Trinajstić information content (AvgIpc) is 2.47. The Balaban J connectivity index is 2.13. The third-order valence-electron chi connectivity index (χ3n) is 3.58. The van der Waals surface area contributed by atoms with Crippen LogP contribution in [0.15, 0.2) is 47.7 Å². The molecule has 2 heteroatoms. The van der Waals surface area contributed by atoms with Crippen LogP contribution in [0.1, 0.15) is 31.2 Å². The minimum absolute atomic E-state index is 0.450. The first-order chi connectivity index (χ1) is 8.74. The van der Waals surface area contributed by atoms with Gasteiger partial charge in [0.1, 0.15) is 5.75 Å².